The normalized spacial score (nSPS) is 9.95. The van der Waals surface area contributed by atoms with E-state index in [-0.39, 0.29) is 23.9 Å². The van der Waals surface area contributed by atoms with Gasteiger partial charge in [0.25, 0.3) is 5.69 Å². The minimum absolute atomic E-state index is 0. The summed E-state index contributed by atoms with van der Waals surface area (Å²) in [4.78, 5) is 21.9. The van der Waals surface area contributed by atoms with Crippen molar-refractivity contribution < 1.29 is 9.72 Å². The van der Waals surface area contributed by atoms with Crippen LogP contribution in [0.5, 0.6) is 0 Å². The number of hydrogen-bond acceptors (Lipinski definition) is 4. The summed E-state index contributed by atoms with van der Waals surface area (Å²) in [6, 6.07) is 5.76. The molecule has 1 N–H and O–H groups in total. The number of rotatable bonds is 10. The maximum atomic E-state index is 11.9. The maximum absolute atomic E-state index is 11.9. The molecule has 0 heterocycles. The third kappa shape index (κ3) is 7.78. The molecular formula is C15H23ClN2O3. The number of unbranched alkanes of at least 4 members (excludes halogenated alkanes) is 3. The van der Waals surface area contributed by atoms with E-state index in [4.69, 9.17) is 0 Å². The van der Waals surface area contributed by atoms with Crippen LogP contribution in [0.4, 0.5) is 5.69 Å². The number of nitrogens with one attached hydrogen (secondary N) is 1. The first-order valence-corrected chi connectivity index (χ1v) is 7.13. The molecule has 6 heteroatoms. The van der Waals surface area contributed by atoms with E-state index in [1.165, 1.54) is 43.5 Å². The van der Waals surface area contributed by atoms with Crippen molar-refractivity contribution in [2.45, 2.75) is 39.0 Å². The van der Waals surface area contributed by atoms with Crippen LogP contribution in [0.15, 0.2) is 24.3 Å². The van der Waals surface area contributed by atoms with Gasteiger partial charge in [0.1, 0.15) is 0 Å². The number of carbonyl (C=O) groups excluding carboxylic acids is 1. The lowest BCUT2D eigenvalue weighted by Gasteiger charge is -2.04. The van der Waals surface area contributed by atoms with E-state index < -0.39 is 4.92 Å². The van der Waals surface area contributed by atoms with Gasteiger partial charge in [0.2, 0.25) is 0 Å². The first kappa shape index (κ1) is 19.5. The summed E-state index contributed by atoms with van der Waals surface area (Å²) in [6.07, 6.45) is 5.26. The number of nitro benzene ring substituents is 1. The van der Waals surface area contributed by atoms with Gasteiger partial charge in [-0.2, -0.15) is 0 Å². The van der Waals surface area contributed by atoms with Crippen molar-refractivity contribution >= 4 is 23.9 Å². The molecule has 0 aliphatic heterocycles. The molecule has 0 aromatic heterocycles. The fourth-order valence-corrected chi connectivity index (χ4v) is 1.92. The molecule has 0 saturated carbocycles. The molecule has 0 radical (unpaired) electrons. The number of non-ortho nitro benzene ring substituents is 1. The average molecular weight is 315 g/mol. The van der Waals surface area contributed by atoms with Gasteiger partial charge in [0.15, 0.2) is 5.78 Å². The van der Waals surface area contributed by atoms with Crippen molar-refractivity contribution in [2.75, 3.05) is 13.1 Å². The van der Waals surface area contributed by atoms with Gasteiger partial charge < -0.3 is 5.32 Å². The summed E-state index contributed by atoms with van der Waals surface area (Å²) < 4.78 is 0. The fourth-order valence-electron chi connectivity index (χ4n) is 1.92. The molecule has 0 bridgehead atoms. The number of halogens is 1. The minimum Gasteiger partial charge on any atom is -0.316 e. The van der Waals surface area contributed by atoms with Crippen LogP contribution < -0.4 is 5.32 Å². The van der Waals surface area contributed by atoms with E-state index in [1.54, 1.807) is 0 Å². The number of Topliss-reactive ketones (excluding diaryl/α,β-unsaturated/α-hetero) is 1. The lowest BCUT2D eigenvalue weighted by atomic mass is 10.1. The summed E-state index contributed by atoms with van der Waals surface area (Å²) in [5.74, 6) is 0.0148. The third-order valence-electron chi connectivity index (χ3n) is 3.14. The lowest BCUT2D eigenvalue weighted by Crippen LogP contribution is -2.19. The Kier molecular flexibility index (Phi) is 10.4. The first-order valence-electron chi connectivity index (χ1n) is 7.13. The van der Waals surface area contributed by atoms with Gasteiger partial charge in [0, 0.05) is 30.7 Å². The van der Waals surface area contributed by atoms with E-state index >= 15 is 0 Å². The van der Waals surface area contributed by atoms with Crippen LogP contribution in [-0.4, -0.2) is 23.8 Å². The van der Waals surface area contributed by atoms with E-state index in [0.29, 0.717) is 18.5 Å². The standard InChI is InChI=1S/C15H22N2O3.ClH/c1-2-3-4-5-11-16-12-10-15(18)13-6-8-14(9-7-13)17(19)20;/h6-9,16H,2-5,10-12H2,1H3;1H. The van der Waals surface area contributed by atoms with E-state index in [1.807, 2.05) is 0 Å². The number of hydrogen-bond donors (Lipinski definition) is 1. The van der Waals surface area contributed by atoms with Gasteiger partial charge in [-0.05, 0) is 25.1 Å². The second-order valence-corrected chi connectivity index (χ2v) is 4.79. The van der Waals surface area contributed by atoms with Crippen molar-refractivity contribution in [3.8, 4) is 0 Å². The van der Waals surface area contributed by atoms with Gasteiger partial charge >= 0.3 is 0 Å². The van der Waals surface area contributed by atoms with Crippen molar-refractivity contribution in [1.82, 2.24) is 5.32 Å². The Morgan fingerprint density at radius 2 is 1.81 bits per heavy atom. The van der Waals surface area contributed by atoms with Crippen molar-refractivity contribution in [2.24, 2.45) is 0 Å². The molecule has 0 fully saturated rings. The Morgan fingerprint density at radius 3 is 2.38 bits per heavy atom. The average Bonchev–Trinajstić information content (AvgIpc) is 2.46. The number of carbonyl (C=O) groups is 1. The second kappa shape index (κ2) is 11.2. The number of ketones is 1. The van der Waals surface area contributed by atoms with Crippen molar-refractivity contribution in [3.05, 3.63) is 39.9 Å². The molecule has 0 unspecified atom stereocenters. The molecule has 0 spiro atoms. The minimum atomic E-state index is -0.466. The second-order valence-electron chi connectivity index (χ2n) is 4.79. The highest BCUT2D eigenvalue weighted by Crippen LogP contribution is 2.13. The van der Waals surface area contributed by atoms with Crippen LogP contribution in [0.1, 0.15) is 49.4 Å². The highest BCUT2D eigenvalue weighted by Gasteiger charge is 2.08. The zero-order valence-corrected chi connectivity index (χ0v) is 13.2. The van der Waals surface area contributed by atoms with E-state index in [9.17, 15) is 14.9 Å². The predicted molar refractivity (Wildman–Crippen MR) is 86.3 cm³/mol. The smallest absolute Gasteiger partial charge is 0.269 e. The number of nitro groups is 1. The third-order valence-corrected chi connectivity index (χ3v) is 3.14. The van der Waals surface area contributed by atoms with Gasteiger partial charge in [-0.1, -0.05) is 26.2 Å². The number of benzene rings is 1. The molecule has 0 atom stereocenters. The van der Waals surface area contributed by atoms with Gasteiger partial charge in [-0.25, -0.2) is 0 Å². The lowest BCUT2D eigenvalue weighted by molar-refractivity contribution is -0.384. The molecule has 1 aromatic rings. The molecular weight excluding hydrogens is 292 g/mol. The van der Waals surface area contributed by atoms with Crippen molar-refractivity contribution in [1.29, 1.82) is 0 Å². The highest BCUT2D eigenvalue weighted by molar-refractivity contribution is 5.96. The first-order chi connectivity index (χ1) is 9.65. The van der Waals surface area contributed by atoms with Gasteiger partial charge in [0.05, 0.1) is 4.92 Å². The Balaban J connectivity index is 0.00000400. The highest BCUT2D eigenvalue weighted by atomic mass is 35.5. The molecule has 0 amide bonds. The molecule has 1 aromatic carbocycles. The monoisotopic (exact) mass is 314 g/mol. The summed E-state index contributed by atoms with van der Waals surface area (Å²) >= 11 is 0. The quantitative estimate of drug-likeness (QED) is 0.309. The molecule has 118 valence electrons. The SMILES string of the molecule is CCCCCCNCCC(=O)c1ccc([N+](=O)[O-])cc1.Cl. The Bertz CT molecular complexity index is 435. The molecule has 21 heavy (non-hydrogen) atoms. The van der Waals surface area contributed by atoms with Crippen LogP contribution >= 0.6 is 12.4 Å². The summed E-state index contributed by atoms with van der Waals surface area (Å²) in [5.41, 5.74) is 0.541. The van der Waals surface area contributed by atoms with Crippen LogP contribution in [0.25, 0.3) is 0 Å². The zero-order chi connectivity index (χ0) is 14.8. The maximum Gasteiger partial charge on any atom is 0.269 e. The molecule has 5 nitrogen and oxygen atoms in total. The largest absolute Gasteiger partial charge is 0.316 e. The van der Waals surface area contributed by atoms with E-state index in [0.717, 1.165) is 13.0 Å². The Hall–Kier alpha value is -1.46. The summed E-state index contributed by atoms with van der Waals surface area (Å²) in [6.45, 7) is 3.77. The molecule has 0 aliphatic carbocycles. The topological polar surface area (TPSA) is 72.2 Å². The van der Waals surface area contributed by atoms with Crippen LogP contribution in [0.3, 0.4) is 0 Å². The predicted octanol–water partition coefficient (Wildman–Crippen LogP) is 3.76. The van der Waals surface area contributed by atoms with E-state index in [2.05, 4.69) is 12.2 Å². The van der Waals surface area contributed by atoms with Crippen LogP contribution in [0, 0.1) is 10.1 Å². The summed E-state index contributed by atoms with van der Waals surface area (Å²) in [7, 11) is 0. The zero-order valence-electron chi connectivity index (χ0n) is 12.3. The number of nitrogens with zero attached hydrogens (tertiary/aromatic N) is 1. The van der Waals surface area contributed by atoms with Gasteiger partial charge in [-0.15, -0.1) is 12.4 Å². The fraction of sp³-hybridized carbons (Fsp3) is 0.533. The molecule has 0 saturated heterocycles. The molecule has 0 aliphatic rings. The van der Waals surface area contributed by atoms with Gasteiger partial charge in [-0.3, -0.25) is 14.9 Å². The van der Waals surface area contributed by atoms with Crippen LogP contribution in [-0.2, 0) is 0 Å². The summed E-state index contributed by atoms with van der Waals surface area (Å²) in [5, 5.41) is 13.8. The van der Waals surface area contributed by atoms with Crippen molar-refractivity contribution in [3.63, 3.8) is 0 Å². The Morgan fingerprint density at radius 1 is 1.14 bits per heavy atom. The van der Waals surface area contributed by atoms with Crippen LogP contribution in [0.2, 0.25) is 0 Å². The Labute approximate surface area is 131 Å². The molecule has 1 rings (SSSR count).